The van der Waals surface area contributed by atoms with Crippen LogP contribution in [0.5, 0.6) is 0 Å². The first-order valence-electron chi connectivity index (χ1n) is 4.55. The van der Waals surface area contributed by atoms with Crippen LogP contribution >= 0.6 is 0 Å². The Labute approximate surface area is 82.4 Å². The van der Waals surface area contributed by atoms with E-state index in [1.807, 2.05) is 0 Å². The molecule has 0 bridgehead atoms. The van der Waals surface area contributed by atoms with Crippen molar-refractivity contribution in [2.24, 2.45) is 0 Å². The molecule has 1 aromatic rings. The van der Waals surface area contributed by atoms with Gasteiger partial charge in [-0.15, -0.1) is 0 Å². The highest BCUT2D eigenvalue weighted by molar-refractivity contribution is 5.97. The fourth-order valence-electron chi connectivity index (χ4n) is 1.31. The Hall–Kier alpha value is -1.22. The van der Waals surface area contributed by atoms with E-state index in [0.717, 1.165) is 0 Å². The molecule has 2 nitrogen and oxygen atoms in total. The van der Waals surface area contributed by atoms with Gasteiger partial charge in [-0.1, -0.05) is 0 Å². The molecule has 0 heterocycles. The highest BCUT2D eigenvalue weighted by atomic mass is 19.1. The van der Waals surface area contributed by atoms with Gasteiger partial charge in [0.25, 0.3) is 0 Å². The van der Waals surface area contributed by atoms with Gasteiger partial charge in [0.1, 0.15) is 5.82 Å². The molecule has 0 saturated heterocycles. The van der Waals surface area contributed by atoms with Gasteiger partial charge in [-0.25, -0.2) is 4.39 Å². The number of aryl methyl sites for hydroxylation is 1. The summed E-state index contributed by atoms with van der Waals surface area (Å²) >= 11 is 0. The third kappa shape index (κ3) is 2.64. The van der Waals surface area contributed by atoms with Crippen LogP contribution in [-0.4, -0.2) is 17.5 Å². The summed E-state index contributed by atoms with van der Waals surface area (Å²) in [5.41, 5.74) is 1.19. The van der Waals surface area contributed by atoms with Gasteiger partial charge in [0, 0.05) is 18.6 Å². The zero-order chi connectivity index (χ0) is 10.6. The van der Waals surface area contributed by atoms with Gasteiger partial charge >= 0.3 is 0 Å². The molecule has 0 radical (unpaired) electrons. The van der Waals surface area contributed by atoms with Crippen molar-refractivity contribution >= 4 is 5.78 Å². The van der Waals surface area contributed by atoms with E-state index in [4.69, 9.17) is 5.11 Å². The Morgan fingerprint density at radius 2 is 2.21 bits per heavy atom. The van der Waals surface area contributed by atoms with E-state index in [0.29, 0.717) is 24.0 Å². The summed E-state index contributed by atoms with van der Waals surface area (Å²) in [4.78, 5) is 11.5. The molecule has 0 amide bonds. The van der Waals surface area contributed by atoms with E-state index in [1.165, 1.54) is 18.2 Å². The quantitative estimate of drug-likeness (QED) is 0.749. The molecule has 1 aromatic carbocycles. The van der Waals surface area contributed by atoms with Crippen LogP contribution in [0, 0.1) is 12.7 Å². The fourth-order valence-corrected chi connectivity index (χ4v) is 1.31. The average Bonchev–Trinajstić information content (AvgIpc) is 2.14. The molecule has 0 spiro atoms. The molecule has 3 heteroatoms. The molecule has 0 fully saturated rings. The Morgan fingerprint density at radius 3 is 2.79 bits per heavy atom. The third-order valence-electron chi connectivity index (χ3n) is 2.05. The summed E-state index contributed by atoms with van der Waals surface area (Å²) in [6.07, 6.45) is 0.763. The minimum atomic E-state index is -0.332. The molecule has 0 saturated carbocycles. The number of aliphatic hydroxyl groups is 1. The van der Waals surface area contributed by atoms with E-state index in [2.05, 4.69) is 0 Å². The summed E-state index contributed by atoms with van der Waals surface area (Å²) in [7, 11) is 0. The van der Waals surface area contributed by atoms with Crippen molar-refractivity contribution in [3.63, 3.8) is 0 Å². The predicted octanol–water partition coefficient (Wildman–Crippen LogP) is 2.09. The lowest BCUT2D eigenvalue weighted by atomic mass is 10.0. The maximum atomic E-state index is 12.7. The van der Waals surface area contributed by atoms with Crippen molar-refractivity contribution < 1.29 is 14.3 Å². The Kier molecular flexibility index (Phi) is 3.77. The van der Waals surface area contributed by atoms with Crippen LogP contribution in [-0.2, 0) is 0 Å². The second kappa shape index (κ2) is 4.86. The molecule has 0 aliphatic carbocycles. The van der Waals surface area contributed by atoms with Gasteiger partial charge < -0.3 is 5.11 Å². The van der Waals surface area contributed by atoms with Crippen molar-refractivity contribution in [2.45, 2.75) is 19.8 Å². The number of carbonyl (C=O) groups excluding carboxylic acids is 1. The molecule has 0 atom stereocenters. The SMILES string of the molecule is Cc1cc(F)ccc1C(=O)CCCO. The first-order chi connectivity index (χ1) is 6.65. The number of ketones is 1. The maximum absolute atomic E-state index is 12.7. The first-order valence-corrected chi connectivity index (χ1v) is 4.55. The first kappa shape index (κ1) is 10.9. The summed E-state index contributed by atoms with van der Waals surface area (Å²) in [5, 5.41) is 8.56. The van der Waals surface area contributed by atoms with Crippen LogP contribution < -0.4 is 0 Å². The van der Waals surface area contributed by atoms with E-state index in [9.17, 15) is 9.18 Å². The molecular weight excluding hydrogens is 183 g/mol. The topological polar surface area (TPSA) is 37.3 Å². The predicted molar refractivity (Wildman–Crippen MR) is 51.8 cm³/mol. The molecule has 76 valence electrons. The molecule has 0 unspecified atom stereocenters. The lowest BCUT2D eigenvalue weighted by molar-refractivity contribution is 0.0970. The number of rotatable bonds is 4. The Morgan fingerprint density at radius 1 is 1.50 bits per heavy atom. The molecular formula is C11H13FO2. The zero-order valence-corrected chi connectivity index (χ0v) is 8.09. The molecule has 14 heavy (non-hydrogen) atoms. The molecule has 1 N–H and O–H groups in total. The average molecular weight is 196 g/mol. The number of benzene rings is 1. The van der Waals surface area contributed by atoms with Crippen LogP contribution in [0.4, 0.5) is 4.39 Å². The van der Waals surface area contributed by atoms with Crippen LogP contribution in [0.25, 0.3) is 0 Å². The Balaban J connectivity index is 2.80. The number of halogens is 1. The zero-order valence-electron chi connectivity index (χ0n) is 8.09. The van der Waals surface area contributed by atoms with Crippen molar-refractivity contribution in [3.05, 3.63) is 35.1 Å². The van der Waals surface area contributed by atoms with E-state index < -0.39 is 0 Å². The van der Waals surface area contributed by atoms with Gasteiger partial charge in [-0.2, -0.15) is 0 Å². The summed E-state index contributed by atoms with van der Waals surface area (Å²) < 4.78 is 12.7. The lowest BCUT2D eigenvalue weighted by Crippen LogP contribution is -2.03. The van der Waals surface area contributed by atoms with Crippen LogP contribution in [0.3, 0.4) is 0 Å². The smallest absolute Gasteiger partial charge is 0.163 e. The van der Waals surface area contributed by atoms with Crippen LogP contribution in [0.1, 0.15) is 28.8 Å². The summed E-state index contributed by atoms with van der Waals surface area (Å²) in [5.74, 6) is -0.377. The number of hydrogen-bond donors (Lipinski definition) is 1. The standard InChI is InChI=1S/C11H13FO2/c1-8-7-9(12)4-5-10(8)11(14)3-2-6-13/h4-5,7,13H,2-3,6H2,1H3. The Bertz CT molecular complexity index is 334. The second-order valence-corrected chi connectivity index (χ2v) is 3.21. The van der Waals surface area contributed by atoms with Crippen LogP contribution in [0.2, 0.25) is 0 Å². The molecule has 0 aliphatic rings. The number of hydrogen-bond acceptors (Lipinski definition) is 2. The second-order valence-electron chi connectivity index (χ2n) is 3.21. The fraction of sp³-hybridized carbons (Fsp3) is 0.364. The van der Waals surface area contributed by atoms with Gasteiger partial charge in [-0.05, 0) is 37.1 Å². The molecule has 1 rings (SSSR count). The summed E-state index contributed by atoms with van der Waals surface area (Å²) in [6, 6.07) is 4.11. The highest BCUT2D eigenvalue weighted by Gasteiger charge is 2.08. The van der Waals surface area contributed by atoms with Crippen molar-refractivity contribution in [1.29, 1.82) is 0 Å². The van der Waals surface area contributed by atoms with E-state index in [-0.39, 0.29) is 18.2 Å². The van der Waals surface area contributed by atoms with Gasteiger partial charge in [0.2, 0.25) is 0 Å². The third-order valence-corrected chi connectivity index (χ3v) is 2.05. The minimum absolute atomic E-state index is 0.00593. The largest absolute Gasteiger partial charge is 0.396 e. The van der Waals surface area contributed by atoms with Gasteiger partial charge in [-0.3, -0.25) is 4.79 Å². The van der Waals surface area contributed by atoms with Crippen LogP contribution in [0.15, 0.2) is 18.2 Å². The van der Waals surface area contributed by atoms with E-state index in [1.54, 1.807) is 6.92 Å². The van der Waals surface area contributed by atoms with Gasteiger partial charge in [0.15, 0.2) is 5.78 Å². The number of carbonyl (C=O) groups is 1. The lowest BCUT2D eigenvalue weighted by Gasteiger charge is -2.03. The monoisotopic (exact) mass is 196 g/mol. The van der Waals surface area contributed by atoms with E-state index >= 15 is 0 Å². The molecule has 0 aliphatic heterocycles. The van der Waals surface area contributed by atoms with Crippen molar-refractivity contribution in [1.82, 2.24) is 0 Å². The number of Topliss-reactive ketones (excluding diaryl/α,β-unsaturated/α-hetero) is 1. The molecule has 0 aromatic heterocycles. The highest BCUT2D eigenvalue weighted by Crippen LogP contribution is 2.12. The van der Waals surface area contributed by atoms with Gasteiger partial charge in [0.05, 0.1) is 0 Å². The van der Waals surface area contributed by atoms with Crippen molar-refractivity contribution in [2.75, 3.05) is 6.61 Å². The number of aliphatic hydroxyl groups excluding tert-OH is 1. The maximum Gasteiger partial charge on any atom is 0.163 e. The normalized spacial score (nSPS) is 10.2. The summed E-state index contributed by atoms with van der Waals surface area (Å²) in [6.45, 7) is 1.71. The van der Waals surface area contributed by atoms with Crippen molar-refractivity contribution in [3.8, 4) is 0 Å². The minimum Gasteiger partial charge on any atom is -0.396 e.